The third kappa shape index (κ3) is 4.96. The van der Waals surface area contributed by atoms with Gasteiger partial charge in [-0.25, -0.2) is 0 Å². The SMILES string of the molecule is CNCc1ccc(OC)c(OCCC(C)(C)C)c1. The van der Waals surface area contributed by atoms with E-state index in [1.54, 1.807) is 7.11 Å². The van der Waals surface area contributed by atoms with Crippen LogP contribution >= 0.6 is 0 Å². The van der Waals surface area contributed by atoms with E-state index in [2.05, 4.69) is 26.1 Å². The van der Waals surface area contributed by atoms with Crippen molar-refractivity contribution < 1.29 is 9.47 Å². The Balaban J connectivity index is 2.69. The van der Waals surface area contributed by atoms with Crippen molar-refractivity contribution >= 4 is 0 Å². The molecule has 0 amide bonds. The average molecular weight is 251 g/mol. The van der Waals surface area contributed by atoms with Gasteiger partial charge in [0.05, 0.1) is 13.7 Å². The molecule has 3 nitrogen and oxygen atoms in total. The van der Waals surface area contributed by atoms with Crippen LogP contribution in [0.1, 0.15) is 32.8 Å². The molecule has 18 heavy (non-hydrogen) atoms. The Bertz CT molecular complexity index is 369. The number of nitrogens with one attached hydrogen (secondary N) is 1. The quantitative estimate of drug-likeness (QED) is 0.842. The highest BCUT2D eigenvalue weighted by atomic mass is 16.5. The van der Waals surface area contributed by atoms with Crippen LogP contribution in [0.3, 0.4) is 0 Å². The highest BCUT2D eigenvalue weighted by molar-refractivity contribution is 5.42. The molecule has 1 N–H and O–H groups in total. The first-order chi connectivity index (χ1) is 8.46. The third-order valence-corrected chi connectivity index (χ3v) is 2.72. The van der Waals surface area contributed by atoms with Crippen LogP contribution in [0.15, 0.2) is 18.2 Å². The van der Waals surface area contributed by atoms with Crippen LogP contribution in [0.5, 0.6) is 11.5 Å². The van der Waals surface area contributed by atoms with Gasteiger partial charge in [-0.15, -0.1) is 0 Å². The van der Waals surface area contributed by atoms with Crippen molar-refractivity contribution in [2.24, 2.45) is 5.41 Å². The van der Waals surface area contributed by atoms with Gasteiger partial charge in [0.15, 0.2) is 11.5 Å². The predicted molar refractivity (Wildman–Crippen MR) is 75.3 cm³/mol. The maximum absolute atomic E-state index is 5.84. The summed E-state index contributed by atoms with van der Waals surface area (Å²) in [5.41, 5.74) is 1.49. The van der Waals surface area contributed by atoms with Gasteiger partial charge in [0, 0.05) is 6.54 Å². The zero-order valence-electron chi connectivity index (χ0n) is 12.2. The van der Waals surface area contributed by atoms with E-state index in [9.17, 15) is 0 Å². The molecule has 3 heteroatoms. The lowest BCUT2D eigenvalue weighted by Gasteiger charge is -2.19. The molecule has 0 atom stereocenters. The summed E-state index contributed by atoms with van der Waals surface area (Å²) < 4.78 is 11.2. The monoisotopic (exact) mass is 251 g/mol. The first-order valence-corrected chi connectivity index (χ1v) is 6.40. The molecule has 0 spiro atoms. The van der Waals surface area contributed by atoms with E-state index in [1.807, 2.05) is 25.2 Å². The summed E-state index contributed by atoms with van der Waals surface area (Å²) in [4.78, 5) is 0. The van der Waals surface area contributed by atoms with E-state index in [0.717, 1.165) is 24.5 Å². The smallest absolute Gasteiger partial charge is 0.161 e. The van der Waals surface area contributed by atoms with Gasteiger partial charge in [-0.2, -0.15) is 0 Å². The van der Waals surface area contributed by atoms with E-state index >= 15 is 0 Å². The first-order valence-electron chi connectivity index (χ1n) is 6.40. The standard InChI is InChI=1S/C15H25NO2/c1-15(2,3)8-9-18-14-10-12(11-16-4)6-7-13(14)17-5/h6-7,10,16H,8-9,11H2,1-5H3. The number of hydrogen-bond donors (Lipinski definition) is 1. The van der Waals surface area contributed by atoms with Gasteiger partial charge in [-0.1, -0.05) is 26.8 Å². The van der Waals surface area contributed by atoms with E-state index in [1.165, 1.54) is 5.56 Å². The molecule has 1 aromatic carbocycles. The molecule has 0 bridgehead atoms. The predicted octanol–water partition coefficient (Wildman–Crippen LogP) is 3.23. The maximum atomic E-state index is 5.84. The minimum atomic E-state index is 0.288. The largest absolute Gasteiger partial charge is 0.493 e. The average Bonchev–Trinajstić information content (AvgIpc) is 2.28. The molecule has 0 aromatic heterocycles. The van der Waals surface area contributed by atoms with Gasteiger partial charge in [-0.05, 0) is 36.6 Å². The molecule has 0 radical (unpaired) electrons. The van der Waals surface area contributed by atoms with Crippen LogP contribution in [-0.4, -0.2) is 20.8 Å². The number of rotatable bonds is 6. The molecule has 0 unspecified atom stereocenters. The Morgan fingerprint density at radius 2 is 1.89 bits per heavy atom. The van der Waals surface area contributed by atoms with Crippen LogP contribution in [0.2, 0.25) is 0 Å². The van der Waals surface area contributed by atoms with Gasteiger partial charge < -0.3 is 14.8 Å². The normalized spacial score (nSPS) is 11.4. The van der Waals surface area contributed by atoms with Crippen LogP contribution < -0.4 is 14.8 Å². The fourth-order valence-corrected chi connectivity index (χ4v) is 1.62. The zero-order valence-corrected chi connectivity index (χ0v) is 12.2. The molecule has 0 fully saturated rings. The Kier molecular flexibility index (Phi) is 5.48. The Morgan fingerprint density at radius 1 is 1.17 bits per heavy atom. The molecule has 0 saturated carbocycles. The van der Waals surface area contributed by atoms with Gasteiger partial charge in [0.1, 0.15) is 0 Å². The van der Waals surface area contributed by atoms with Crippen LogP contribution in [0, 0.1) is 5.41 Å². The summed E-state index contributed by atoms with van der Waals surface area (Å²) in [6.45, 7) is 8.18. The topological polar surface area (TPSA) is 30.5 Å². The second-order valence-corrected chi connectivity index (χ2v) is 5.67. The molecule has 0 aliphatic rings. The molecular weight excluding hydrogens is 226 g/mol. The molecule has 0 aliphatic carbocycles. The molecule has 1 aromatic rings. The van der Waals surface area contributed by atoms with Gasteiger partial charge in [0.2, 0.25) is 0 Å². The molecule has 102 valence electrons. The van der Waals surface area contributed by atoms with Crippen molar-refractivity contribution in [3.63, 3.8) is 0 Å². The van der Waals surface area contributed by atoms with E-state index in [-0.39, 0.29) is 5.41 Å². The Hall–Kier alpha value is -1.22. The van der Waals surface area contributed by atoms with Crippen molar-refractivity contribution in [3.8, 4) is 11.5 Å². The molecule has 1 rings (SSSR count). The van der Waals surface area contributed by atoms with Crippen molar-refractivity contribution in [2.45, 2.75) is 33.7 Å². The summed E-state index contributed by atoms with van der Waals surface area (Å²) in [7, 11) is 3.61. The summed E-state index contributed by atoms with van der Waals surface area (Å²) in [6.07, 6.45) is 1.02. The fraction of sp³-hybridized carbons (Fsp3) is 0.600. The lowest BCUT2D eigenvalue weighted by atomic mass is 9.93. The van der Waals surface area contributed by atoms with E-state index < -0.39 is 0 Å². The second-order valence-electron chi connectivity index (χ2n) is 5.67. The summed E-state index contributed by atoms with van der Waals surface area (Å²) in [6, 6.07) is 6.04. The molecule has 0 aliphatic heterocycles. The number of hydrogen-bond acceptors (Lipinski definition) is 3. The lowest BCUT2D eigenvalue weighted by molar-refractivity contribution is 0.234. The van der Waals surface area contributed by atoms with E-state index in [0.29, 0.717) is 6.61 Å². The number of ether oxygens (including phenoxy) is 2. The van der Waals surface area contributed by atoms with E-state index in [4.69, 9.17) is 9.47 Å². The minimum Gasteiger partial charge on any atom is -0.493 e. The Morgan fingerprint density at radius 3 is 2.44 bits per heavy atom. The molecular formula is C15H25NO2. The van der Waals surface area contributed by atoms with Gasteiger partial charge in [0.25, 0.3) is 0 Å². The lowest BCUT2D eigenvalue weighted by Crippen LogP contribution is -2.12. The van der Waals surface area contributed by atoms with Crippen molar-refractivity contribution in [1.82, 2.24) is 5.32 Å². The summed E-state index contributed by atoms with van der Waals surface area (Å²) in [5.74, 6) is 1.62. The Labute approximate surface area is 110 Å². The van der Waals surface area contributed by atoms with Crippen molar-refractivity contribution in [3.05, 3.63) is 23.8 Å². The van der Waals surface area contributed by atoms with Gasteiger partial charge in [-0.3, -0.25) is 0 Å². The molecule has 0 heterocycles. The van der Waals surface area contributed by atoms with Gasteiger partial charge >= 0.3 is 0 Å². The summed E-state index contributed by atoms with van der Waals surface area (Å²) in [5, 5.41) is 3.13. The maximum Gasteiger partial charge on any atom is 0.161 e. The number of methoxy groups -OCH3 is 1. The fourth-order valence-electron chi connectivity index (χ4n) is 1.62. The first kappa shape index (κ1) is 14.8. The van der Waals surface area contributed by atoms with Crippen LogP contribution in [0.4, 0.5) is 0 Å². The zero-order chi connectivity index (χ0) is 13.6. The third-order valence-electron chi connectivity index (χ3n) is 2.72. The highest BCUT2D eigenvalue weighted by Gasteiger charge is 2.11. The van der Waals surface area contributed by atoms with Crippen molar-refractivity contribution in [2.75, 3.05) is 20.8 Å². The van der Waals surface area contributed by atoms with Crippen LogP contribution in [0.25, 0.3) is 0 Å². The highest BCUT2D eigenvalue weighted by Crippen LogP contribution is 2.29. The second kappa shape index (κ2) is 6.64. The number of benzene rings is 1. The summed E-state index contributed by atoms with van der Waals surface area (Å²) >= 11 is 0. The van der Waals surface area contributed by atoms with Crippen molar-refractivity contribution in [1.29, 1.82) is 0 Å². The molecule has 0 saturated heterocycles. The van der Waals surface area contributed by atoms with Crippen LogP contribution in [-0.2, 0) is 6.54 Å². The minimum absolute atomic E-state index is 0.288.